The molecule has 0 aromatic carbocycles. The van der Waals surface area contributed by atoms with Crippen molar-refractivity contribution in [3.8, 4) is 0 Å². The van der Waals surface area contributed by atoms with Crippen molar-refractivity contribution < 1.29 is 5.11 Å². The number of aliphatic hydroxyl groups excluding tert-OH is 1. The molecule has 0 unspecified atom stereocenters. The van der Waals surface area contributed by atoms with Crippen molar-refractivity contribution in [2.75, 3.05) is 19.6 Å². The second-order valence-electron chi connectivity index (χ2n) is 5.17. The highest BCUT2D eigenvalue weighted by Gasteiger charge is 2.32. The maximum Gasteiger partial charge on any atom is 0.0639 e. The van der Waals surface area contributed by atoms with Gasteiger partial charge in [-0.05, 0) is 18.8 Å². The fourth-order valence-electron chi connectivity index (χ4n) is 2.79. The molecule has 0 saturated carbocycles. The number of aliphatic hydroxyl groups is 1. The maximum atomic E-state index is 9.28. The molecule has 0 aromatic rings. The predicted octanol–water partition coefficient (Wildman–Crippen LogP) is 2.52. The lowest BCUT2D eigenvalue weighted by atomic mass is 9.80. The quantitative estimate of drug-likeness (QED) is 0.702. The summed E-state index contributed by atoms with van der Waals surface area (Å²) in [6.45, 7) is 9.75. The van der Waals surface area contributed by atoms with Gasteiger partial charge in [-0.2, -0.15) is 0 Å². The molecule has 1 aliphatic rings. The summed E-state index contributed by atoms with van der Waals surface area (Å²) in [5.74, 6) is 1.84. The molecule has 90 valence electrons. The number of nitrogens with zero attached hydrogens (tertiary/aromatic N) is 1. The SMILES string of the molecule is CCCC(CCC)C1CN(C[C@H](C)O)C1. The van der Waals surface area contributed by atoms with Gasteiger partial charge in [0.1, 0.15) is 0 Å². The molecule has 0 aromatic heterocycles. The Hall–Kier alpha value is -0.0800. The van der Waals surface area contributed by atoms with Crippen molar-refractivity contribution in [2.45, 2.75) is 52.6 Å². The number of hydrogen-bond acceptors (Lipinski definition) is 2. The van der Waals surface area contributed by atoms with Crippen LogP contribution in [0.3, 0.4) is 0 Å². The van der Waals surface area contributed by atoms with Crippen LogP contribution in [0.5, 0.6) is 0 Å². The van der Waals surface area contributed by atoms with Gasteiger partial charge in [-0.1, -0.05) is 39.5 Å². The fraction of sp³-hybridized carbons (Fsp3) is 1.00. The second kappa shape index (κ2) is 6.49. The molecule has 0 bridgehead atoms. The summed E-state index contributed by atoms with van der Waals surface area (Å²) in [5, 5.41) is 9.28. The van der Waals surface area contributed by atoms with Crippen LogP contribution in [0.2, 0.25) is 0 Å². The van der Waals surface area contributed by atoms with Gasteiger partial charge in [0.15, 0.2) is 0 Å². The van der Waals surface area contributed by atoms with Gasteiger partial charge in [-0.3, -0.25) is 0 Å². The summed E-state index contributed by atoms with van der Waals surface area (Å²) >= 11 is 0. The average Bonchev–Trinajstić information content (AvgIpc) is 2.10. The van der Waals surface area contributed by atoms with E-state index in [9.17, 15) is 5.11 Å². The molecule has 2 nitrogen and oxygen atoms in total. The van der Waals surface area contributed by atoms with E-state index in [1.807, 2.05) is 6.92 Å². The van der Waals surface area contributed by atoms with Crippen molar-refractivity contribution in [3.63, 3.8) is 0 Å². The van der Waals surface area contributed by atoms with Crippen LogP contribution in [-0.2, 0) is 0 Å². The van der Waals surface area contributed by atoms with Crippen molar-refractivity contribution in [2.24, 2.45) is 11.8 Å². The Morgan fingerprint density at radius 3 is 2.13 bits per heavy atom. The molecule has 1 heterocycles. The lowest BCUT2D eigenvalue weighted by Gasteiger charge is -2.44. The van der Waals surface area contributed by atoms with Gasteiger partial charge in [0, 0.05) is 19.6 Å². The van der Waals surface area contributed by atoms with E-state index in [1.165, 1.54) is 38.8 Å². The van der Waals surface area contributed by atoms with E-state index in [1.54, 1.807) is 0 Å². The highest BCUT2D eigenvalue weighted by atomic mass is 16.3. The standard InChI is InChI=1S/C13H27NO/c1-4-6-12(7-5-2)13-9-14(10-13)8-11(3)15/h11-13,15H,4-10H2,1-3H3/t11-/m0/s1. The third kappa shape index (κ3) is 4.12. The van der Waals surface area contributed by atoms with Crippen LogP contribution in [0.1, 0.15) is 46.5 Å². The Labute approximate surface area is 94.7 Å². The Balaban J connectivity index is 2.21. The molecular weight excluding hydrogens is 186 g/mol. The van der Waals surface area contributed by atoms with Crippen molar-refractivity contribution in [1.29, 1.82) is 0 Å². The van der Waals surface area contributed by atoms with Crippen molar-refractivity contribution in [1.82, 2.24) is 4.90 Å². The molecule has 15 heavy (non-hydrogen) atoms. The molecular formula is C13H27NO. The first-order valence-corrected chi connectivity index (χ1v) is 6.57. The molecule has 0 spiro atoms. The van der Waals surface area contributed by atoms with E-state index in [0.717, 1.165) is 18.4 Å². The summed E-state index contributed by atoms with van der Waals surface area (Å²) in [7, 11) is 0. The third-order valence-electron chi connectivity index (χ3n) is 3.49. The molecule has 0 amide bonds. The topological polar surface area (TPSA) is 23.5 Å². The summed E-state index contributed by atoms with van der Waals surface area (Å²) in [4.78, 5) is 2.38. The zero-order valence-corrected chi connectivity index (χ0v) is 10.6. The monoisotopic (exact) mass is 213 g/mol. The first-order valence-electron chi connectivity index (χ1n) is 6.57. The minimum absolute atomic E-state index is 0.165. The molecule has 2 heteroatoms. The van der Waals surface area contributed by atoms with Crippen molar-refractivity contribution in [3.05, 3.63) is 0 Å². The van der Waals surface area contributed by atoms with Gasteiger partial charge in [-0.25, -0.2) is 0 Å². The summed E-state index contributed by atoms with van der Waals surface area (Å²) in [6, 6.07) is 0. The minimum atomic E-state index is -0.165. The molecule has 0 radical (unpaired) electrons. The molecule has 1 fully saturated rings. The van der Waals surface area contributed by atoms with Crippen LogP contribution in [0.4, 0.5) is 0 Å². The lowest BCUT2D eigenvalue weighted by Crippen LogP contribution is -2.52. The summed E-state index contributed by atoms with van der Waals surface area (Å²) in [6.07, 6.45) is 5.25. The number of likely N-dealkylation sites (tertiary alicyclic amines) is 1. The third-order valence-corrected chi connectivity index (χ3v) is 3.49. The Morgan fingerprint density at radius 2 is 1.73 bits per heavy atom. The zero-order chi connectivity index (χ0) is 11.3. The van der Waals surface area contributed by atoms with E-state index < -0.39 is 0 Å². The van der Waals surface area contributed by atoms with Crippen LogP contribution in [0.25, 0.3) is 0 Å². The molecule has 1 aliphatic heterocycles. The van der Waals surface area contributed by atoms with E-state index in [0.29, 0.717) is 0 Å². The molecule has 0 aliphatic carbocycles. The molecule has 1 atom stereocenters. The molecule has 1 saturated heterocycles. The van der Waals surface area contributed by atoms with Gasteiger partial charge in [0.25, 0.3) is 0 Å². The number of rotatable bonds is 7. The number of β-amino-alcohol motifs (C(OH)–C–C–N with tert-alkyl or cyclic N) is 1. The van der Waals surface area contributed by atoms with Gasteiger partial charge in [0.05, 0.1) is 6.10 Å². The van der Waals surface area contributed by atoms with E-state index >= 15 is 0 Å². The van der Waals surface area contributed by atoms with E-state index in [2.05, 4.69) is 18.7 Å². The lowest BCUT2D eigenvalue weighted by molar-refractivity contribution is 0.0161. The van der Waals surface area contributed by atoms with Crippen LogP contribution in [-0.4, -0.2) is 35.7 Å². The Bertz CT molecular complexity index is 158. The van der Waals surface area contributed by atoms with Crippen LogP contribution in [0, 0.1) is 11.8 Å². The second-order valence-corrected chi connectivity index (χ2v) is 5.17. The fourth-order valence-corrected chi connectivity index (χ4v) is 2.79. The Morgan fingerprint density at radius 1 is 1.20 bits per heavy atom. The van der Waals surface area contributed by atoms with E-state index in [4.69, 9.17) is 0 Å². The van der Waals surface area contributed by atoms with Crippen molar-refractivity contribution >= 4 is 0 Å². The normalized spacial score (nSPS) is 20.6. The van der Waals surface area contributed by atoms with Crippen LogP contribution in [0.15, 0.2) is 0 Å². The number of hydrogen-bond donors (Lipinski definition) is 1. The van der Waals surface area contributed by atoms with Crippen LogP contribution < -0.4 is 0 Å². The predicted molar refractivity (Wildman–Crippen MR) is 64.9 cm³/mol. The molecule has 1 rings (SSSR count). The largest absolute Gasteiger partial charge is 0.392 e. The van der Waals surface area contributed by atoms with E-state index in [-0.39, 0.29) is 6.10 Å². The van der Waals surface area contributed by atoms with Gasteiger partial charge < -0.3 is 10.0 Å². The highest BCUT2D eigenvalue weighted by Crippen LogP contribution is 2.30. The maximum absolute atomic E-state index is 9.28. The van der Waals surface area contributed by atoms with Gasteiger partial charge in [-0.15, -0.1) is 0 Å². The summed E-state index contributed by atoms with van der Waals surface area (Å²) < 4.78 is 0. The first kappa shape index (κ1) is 13.0. The molecule has 1 N–H and O–H groups in total. The van der Waals surface area contributed by atoms with Gasteiger partial charge >= 0.3 is 0 Å². The Kier molecular flexibility index (Phi) is 5.62. The van der Waals surface area contributed by atoms with Crippen LogP contribution >= 0.6 is 0 Å². The highest BCUT2D eigenvalue weighted by molar-refractivity contribution is 4.85. The zero-order valence-electron chi connectivity index (χ0n) is 10.6. The first-order chi connectivity index (χ1) is 7.17. The smallest absolute Gasteiger partial charge is 0.0639 e. The minimum Gasteiger partial charge on any atom is -0.392 e. The van der Waals surface area contributed by atoms with Gasteiger partial charge in [0.2, 0.25) is 0 Å². The summed E-state index contributed by atoms with van der Waals surface area (Å²) in [5.41, 5.74) is 0. The average molecular weight is 213 g/mol.